The Morgan fingerprint density at radius 1 is 1.25 bits per heavy atom. The standard InChI is InChI=1S/C17H28N2O/c1-3-12-19-13-9-16(10-14-19)18-11-8-15-6-4-5-7-17(15)20-2/h4-7,16,18H,3,8-14H2,1-2H3/p+2. The minimum Gasteiger partial charge on any atom is -0.496 e. The van der Waals surface area contributed by atoms with Crippen LogP contribution in [0.25, 0.3) is 0 Å². The Morgan fingerprint density at radius 3 is 2.70 bits per heavy atom. The highest BCUT2D eigenvalue weighted by Gasteiger charge is 2.23. The molecule has 0 atom stereocenters. The van der Waals surface area contributed by atoms with E-state index in [1.807, 2.05) is 11.0 Å². The number of hydrogen-bond acceptors (Lipinski definition) is 1. The smallest absolute Gasteiger partial charge is 0.122 e. The van der Waals surface area contributed by atoms with Gasteiger partial charge in [0.1, 0.15) is 5.75 Å². The molecule has 3 nitrogen and oxygen atoms in total. The molecule has 20 heavy (non-hydrogen) atoms. The van der Waals surface area contributed by atoms with Gasteiger partial charge in [-0.15, -0.1) is 0 Å². The van der Waals surface area contributed by atoms with Crippen LogP contribution in [0.3, 0.4) is 0 Å². The molecule has 0 spiro atoms. The lowest BCUT2D eigenvalue weighted by Gasteiger charge is -2.27. The summed E-state index contributed by atoms with van der Waals surface area (Å²) in [6.45, 7) is 7.55. The summed E-state index contributed by atoms with van der Waals surface area (Å²) in [5.74, 6) is 1.03. The molecular weight excluding hydrogens is 248 g/mol. The van der Waals surface area contributed by atoms with Crippen LogP contribution in [0.4, 0.5) is 0 Å². The molecule has 0 aliphatic carbocycles. The molecule has 0 saturated carbocycles. The molecule has 112 valence electrons. The van der Waals surface area contributed by atoms with E-state index < -0.39 is 0 Å². The van der Waals surface area contributed by atoms with Crippen molar-refractivity contribution >= 4 is 0 Å². The second kappa shape index (κ2) is 8.28. The van der Waals surface area contributed by atoms with Gasteiger partial charge in [0.2, 0.25) is 0 Å². The van der Waals surface area contributed by atoms with Crippen molar-refractivity contribution < 1.29 is 15.0 Å². The third-order valence-corrected chi connectivity index (χ3v) is 4.45. The Bertz CT molecular complexity index is 386. The van der Waals surface area contributed by atoms with E-state index in [0.29, 0.717) is 0 Å². The summed E-state index contributed by atoms with van der Waals surface area (Å²) in [6, 6.07) is 9.22. The lowest BCUT2D eigenvalue weighted by Crippen LogP contribution is -3.14. The van der Waals surface area contributed by atoms with Gasteiger partial charge in [0.15, 0.2) is 0 Å². The van der Waals surface area contributed by atoms with Crippen molar-refractivity contribution in [3.05, 3.63) is 29.8 Å². The van der Waals surface area contributed by atoms with E-state index in [2.05, 4.69) is 30.4 Å². The number of piperidine rings is 1. The molecule has 0 aromatic heterocycles. The van der Waals surface area contributed by atoms with E-state index in [-0.39, 0.29) is 0 Å². The summed E-state index contributed by atoms with van der Waals surface area (Å²) < 4.78 is 5.41. The highest BCUT2D eigenvalue weighted by Crippen LogP contribution is 2.16. The fourth-order valence-corrected chi connectivity index (χ4v) is 3.27. The van der Waals surface area contributed by atoms with Crippen molar-refractivity contribution in [3.8, 4) is 5.75 Å². The summed E-state index contributed by atoms with van der Waals surface area (Å²) in [5.41, 5.74) is 1.33. The van der Waals surface area contributed by atoms with E-state index in [9.17, 15) is 0 Å². The number of hydrogen-bond donors (Lipinski definition) is 2. The summed E-state index contributed by atoms with van der Waals surface area (Å²) in [5, 5.41) is 2.55. The number of benzene rings is 1. The van der Waals surface area contributed by atoms with Crippen LogP contribution >= 0.6 is 0 Å². The van der Waals surface area contributed by atoms with E-state index in [1.54, 1.807) is 7.11 Å². The van der Waals surface area contributed by atoms with Crippen LogP contribution in [0.15, 0.2) is 24.3 Å². The van der Waals surface area contributed by atoms with Crippen molar-refractivity contribution in [3.63, 3.8) is 0 Å². The molecule has 3 N–H and O–H groups in total. The van der Waals surface area contributed by atoms with Crippen LogP contribution < -0.4 is 15.0 Å². The molecule has 0 unspecified atom stereocenters. The minimum atomic E-state index is 0.838. The van der Waals surface area contributed by atoms with Crippen LogP contribution in [0.2, 0.25) is 0 Å². The first-order valence-electron chi connectivity index (χ1n) is 8.12. The summed E-state index contributed by atoms with van der Waals surface area (Å²) in [7, 11) is 1.76. The molecule has 0 radical (unpaired) electrons. The van der Waals surface area contributed by atoms with E-state index in [1.165, 1.54) is 51.0 Å². The van der Waals surface area contributed by atoms with Crippen molar-refractivity contribution in [1.82, 2.24) is 0 Å². The molecule has 1 heterocycles. The van der Waals surface area contributed by atoms with Crippen LogP contribution in [-0.2, 0) is 6.42 Å². The number of nitrogens with one attached hydrogen (secondary N) is 1. The minimum absolute atomic E-state index is 0.838. The van der Waals surface area contributed by atoms with Gasteiger partial charge >= 0.3 is 0 Å². The molecular formula is C17H30N2O+2. The Morgan fingerprint density at radius 2 is 2.00 bits per heavy atom. The summed E-state index contributed by atoms with van der Waals surface area (Å²) in [4.78, 5) is 1.81. The zero-order valence-corrected chi connectivity index (χ0v) is 13.0. The molecule has 3 heteroatoms. The van der Waals surface area contributed by atoms with Gasteiger partial charge < -0.3 is 15.0 Å². The Balaban J connectivity index is 1.69. The van der Waals surface area contributed by atoms with Crippen molar-refractivity contribution in [1.29, 1.82) is 0 Å². The zero-order chi connectivity index (χ0) is 14.2. The number of likely N-dealkylation sites (tertiary alicyclic amines) is 1. The maximum Gasteiger partial charge on any atom is 0.122 e. The predicted octanol–water partition coefficient (Wildman–Crippen LogP) is 0.258. The van der Waals surface area contributed by atoms with E-state index >= 15 is 0 Å². The number of ether oxygens (including phenoxy) is 1. The van der Waals surface area contributed by atoms with E-state index in [0.717, 1.165) is 18.2 Å². The third-order valence-electron chi connectivity index (χ3n) is 4.45. The topological polar surface area (TPSA) is 30.3 Å². The van der Waals surface area contributed by atoms with Gasteiger partial charge in [-0.25, -0.2) is 0 Å². The maximum absolute atomic E-state index is 5.41. The predicted molar refractivity (Wildman–Crippen MR) is 82.4 cm³/mol. The Hall–Kier alpha value is -1.06. The average Bonchev–Trinajstić information content (AvgIpc) is 2.50. The second-order valence-corrected chi connectivity index (χ2v) is 5.92. The lowest BCUT2D eigenvalue weighted by atomic mass is 10.0. The van der Waals surface area contributed by atoms with E-state index in [4.69, 9.17) is 4.74 Å². The number of para-hydroxylation sites is 1. The molecule has 1 aromatic carbocycles. The molecule has 0 bridgehead atoms. The fraction of sp³-hybridized carbons (Fsp3) is 0.647. The SMILES string of the molecule is CCC[NH+]1CCC([NH2+]CCc2ccccc2OC)CC1. The van der Waals surface area contributed by atoms with Gasteiger partial charge in [0.05, 0.1) is 39.3 Å². The fourth-order valence-electron chi connectivity index (χ4n) is 3.27. The van der Waals surface area contributed by atoms with Gasteiger partial charge in [-0.1, -0.05) is 25.1 Å². The maximum atomic E-state index is 5.41. The van der Waals surface area contributed by atoms with Crippen molar-refractivity contribution in [2.75, 3.05) is 33.3 Å². The molecule has 1 aliphatic heterocycles. The van der Waals surface area contributed by atoms with Crippen LogP contribution in [-0.4, -0.2) is 39.3 Å². The molecule has 1 aliphatic rings. The number of nitrogens with two attached hydrogens (primary N) is 1. The summed E-state index contributed by atoms with van der Waals surface area (Å²) in [6.07, 6.45) is 5.17. The first-order valence-corrected chi connectivity index (χ1v) is 8.12. The average molecular weight is 278 g/mol. The second-order valence-electron chi connectivity index (χ2n) is 5.92. The Kier molecular flexibility index (Phi) is 6.34. The highest BCUT2D eigenvalue weighted by atomic mass is 16.5. The molecule has 1 aromatic rings. The van der Waals surface area contributed by atoms with Crippen molar-refractivity contribution in [2.45, 2.75) is 38.6 Å². The normalized spacial score (nSPS) is 22.7. The van der Waals surface area contributed by atoms with Gasteiger partial charge in [-0.05, 0) is 18.1 Å². The Labute approximate surface area is 123 Å². The lowest BCUT2D eigenvalue weighted by molar-refractivity contribution is -0.913. The zero-order valence-electron chi connectivity index (χ0n) is 13.0. The van der Waals surface area contributed by atoms with Gasteiger partial charge in [-0.2, -0.15) is 0 Å². The third kappa shape index (κ3) is 4.50. The number of rotatable bonds is 7. The highest BCUT2D eigenvalue weighted by molar-refractivity contribution is 5.33. The monoisotopic (exact) mass is 278 g/mol. The molecule has 2 rings (SSSR count). The van der Waals surface area contributed by atoms with Crippen molar-refractivity contribution in [2.24, 2.45) is 0 Å². The molecule has 1 fully saturated rings. The van der Waals surface area contributed by atoms with Crippen LogP contribution in [0.1, 0.15) is 31.7 Å². The first kappa shape index (κ1) is 15.3. The van der Waals surface area contributed by atoms with Gasteiger partial charge in [-0.3, -0.25) is 0 Å². The van der Waals surface area contributed by atoms with Gasteiger partial charge in [0.25, 0.3) is 0 Å². The first-order chi connectivity index (χ1) is 9.83. The quantitative estimate of drug-likeness (QED) is 0.736. The molecule has 1 saturated heterocycles. The molecule has 0 amide bonds. The number of quaternary nitrogens is 2. The van der Waals surface area contributed by atoms with Crippen LogP contribution in [0, 0.1) is 0 Å². The number of methoxy groups -OCH3 is 1. The largest absolute Gasteiger partial charge is 0.496 e. The van der Waals surface area contributed by atoms with Crippen LogP contribution in [0.5, 0.6) is 5.75 Å². The van der Waals surface area contributed by atoms with Gasteiger partial charge in [0, 0.05) is 19.3 Å². The summed E-state index contributed by atoms with van der Waals surface area (Å²) >= 11 is 0.